The fraction of sp³-hybridized carbons (Fsp3) is 0.500. The lowest BCUT2D eigenvalue weighted by atomic mass is 9.67. The molecule has 4 atom stereocenters. The minimum atomic E-state index is -4.60. The Labute approximate surface area is 212 Å². The zero-order valence-electron chi connectivity index (χ0n) is 20.8. The first-order valence-corrected chi connectivity index (χ1v) is 12.2. The van der Waals surface area contributed by atoms with Crippen LogP contribution in [0.4, 0.5) is 13.2 Å². The molecule has 2 aromatic rings. The number of carbonyl (C=O) groups excluding carboxylic acids is 1. The van der Waals surface area contributed by atoms with Crippen molar-refractivity contribution in [2.24, 2.45) is 16.6 Å². The van der Waals surface area contributed by atoms with Crippen LogP contribution in [-0.2, 0) is 16.5 Å². The molecule has 1 amide bonds. The molecule has 3 aliphatic rings. The predicted octanol–water partition coefficient (Wildman–Crippen LogP) is 4.13. The summed E-state index contributed by atoms with van der Waals surface area (Å²) in [7, 11) is 1.20. The van der Waals surface area contributed by atoms with Crippen LogP contribution in [0.5, 0.6) is 11.5 Å². The lowest BCUT2D eigenvalue weighted by Crippen LogP contribution is -2.54. The molecule has 1 saturated carbocycles. The highest BCUT2D eigenvalue weighted by molar-refractivity contribution is 5.95. The quantitative estimate of drug-likeness (QED) is 0.630. The van der Waals surface area contributed by atoms with Gasteiger partial charge < -0.3 is 25.3 Å². The summed E-state index contributed by atoms with van der Waals surface area (Å²) in [6.45, 7) is 4.49. The largest absolute Gasteiger partial charge is 0.494 e. The molecule has 37 heavy (non-hydrogen) atoms. The Morgan fingerprint density at radius 3 is 2.70 bits per heavy atom. The van der Waals surface area contributed by atoms with Crippen molar-refractivity contribution in [2.45, 2.75) is 62.9 Å². The van der Waals surface area contributed by atoms with Crippen LogP contribution in [0.15, 0.2) is 35.5 Å². The molecule has 3 N–H and O–H groups in total. The lowest BCUT2D eigenvalue weighted by molar-refractivity contribution is -0.137. The fourth-order valence-corrected chi connectivity index (χ4v) is 5.58. The van der Waals surface area contributed by atoms with E-state index in [1.807, 2.05) is 6.07 Å². The van der Waals surface area contributed by atoms with Crippen LogP contribution < -0.4 is 20.5 Å². The van der Waals surface area contributed by atoms with E-state index in [9.17, 15) is 18.0 Å². The van der Waals surface area contributed by atoms with Crippen molar-refractivity contribution in [3.05, 3.63) is 52.8 Å². The number of fused-ring (bicyclic) bond motifs is 4. The Morgan fingerprint density at radius 1 is 1.27 bits per heavy atom. The number of hydrogen-bond acceptors (Lipinski definition) is 7. The number of methoxy groups -OCH3 is 1. The predicted molar refractivity (Wildman–Crippen MR) is 129 cm³/mol. The average Bonchev–Trinajstić information content (AvgIpc) is 3.25. The van der Waals surface area contributed by atoms with E-state index >= 15 is 0 Å². The number of carbonyl (C=O) groups is 1. The normalized spacial score (nSPS) is 26.6. The number of amidine groups is 1. The van der Waals surface area contributed by atoms with E-state index in [-0.39, 0.29) is 42.1 Å². The van der Waals surface area contributed by atoms with E-state index in [1.54, 1.807) is 0 Å². The van der Waals surface area contributed by atoms with Gasteiger partial charge in [0.25, 0.3) is 11.9 Å². The third-order valence-electron chi connectivity index (χ3n) is 7.52. The molecule has 0 unspecified atom stereocenters. The minimum absolute atomic E-state index is 0.117. The number of hydrogen-bond donors (Lipinski definition) is 2. The van der Waals surface area contributed by atoms with Crippen molar-refractivity contribution >= 4 is 11.9 Å². The van der Waals surface area contributed by atoms with Crippen molar-refractivity contribution in [1.82, 2.24) is 10.3 Å². The molecule has 1 aliphatic carbocycles. The number of nitrogens with one attached hydrogen (secondary N) is 1. The highest BCUT2D eigenvalue weighted by Crippen LogP contribution is 2.52. The van der Waals surface area contributed by atoms with Gasteiger partial charge in [0.05, 0.1) is 12.7 Å². The molecule has 0 radical (unpaired) electrons. The van der Waals surface area contributed by atoms with Gasteiger partial charge in [-0.3, -0.25) is 4.79 Å². The van der Waals surface area contributed by atoms with Crippen LogP contribution in [0.2, 0.25) is 0 Å². The van der Waals surface area contributed by atoms with Crippen LogP contribution in [-0.4, -0.2) is 42.8 Å². The maximum atomic E-state index is 13.1. The monoisotopic (exact) mass is 518 g/mol. The number of aliphatic imine (C=N–C) groups is 1. The number of amides is 1. The van der Waals surface area contributed by atoms with Gasteiger partial charge in [0, 0.05) is 23.7 Å². The standard InChI is InChI=1S/C26H29F3N4O4/c1-13(2)14-4-6-19-17(8-14)25(12-36-24(30)33-25)18-10-16(5-7-20(18)37-19)32-23(34)22-21(35-3)9-15(11-31-22)26(27,28)29/h4,6,8-9,11,13,16,18,20H,5,7,10,12H2,1-3H3,(H2,30,33)(H,32,34)/t16-,18-,20-,25-/m1/s1. The van der Waals surface area contributed by atoms with Crippen LogP contribution in [0.1, 0.15) is 66.2 Å². The Hall–Kier alpha value is -3.50. The van der Waals surface area contributed by atoms with Gasteiger partial charge >= 0.3 is 6.18 Å². The number of nitrogens with two attached hydrogens (primary N) is 1. The van der Waals surface area contributed by atoms with E-state index in [0.717, 1.165) is 22.9 Å². The van der Waals surface area contributed by atoms with E-state index < -0.39 is 23.2 Å². The van der Waals surface area contributed by atoms with Gasteiger partial charge in [0.1, 0.15) is 24.0 Å². The van der Waals surface area contributed by atoms with Gasteiger partial charge in [-0.05, 0) is 48.9 Å². The Morgan fingerprint density at radius 2 is 2.05 bits per heavy atom. The molecule has 1 fully saturated rings. The maximum Gasteiger partial charge on any atom is 0.418 e. The number of nitrogens with zero attached hydrogens (tertiary/aromatic N) is 2. The number of ether oxygens (including phenoxy) is 3. The first-order valence-electron chi connectivity index (χ1n) is 12.2. The number of alkyl halides is 3. The van der Waals surface area contributed by atoms with Gasteiger partial charge in [-0.2, -0.15) is 13.2 Å². The fourth-order valence-electron chi connectivity index (χ4n) is 5.58. The summed E-state index contributed by atoms with van der Waals surface area (Å²) in [5.41, 5.74) is 6.11. The van der Waals surface area contributed by atoms with Crippen molar-refractivity contribution in [3.63, 3.8) is 0 Å². The van der Waals surface area contributed by atoms with Crippen LogP contribution in [0, 0.1) is 5.92 Å². The van der Waals surface area contributed by atoms with Gasteiger partial charge in [0.2, 0.25) is 0 Å². The highest BCUT2D eigenvalue weighted by atomic mass is 19.4. The SMILES string of the molecule is COc1cc(C(F)(F)F)cnc1C(=O)N[C@@H]1CC[C@H]2Oc3ccc(C(C)C)cc3[C@]3(COC(N)=N3)[C@@H]2C1. The van der Waals surface area contributed by atoms with E-state index in [1.165, 1.54) is 7.11 Å². The van der Waals surface area contributed by atoms with Crippen molar-refractivity contribution in [1.29, 1.82) is 0 Å². The molecule has 0 bridgehead atoms. The number of aromatic nitrogens is 1. The molecule has 11 heteroatoms. The van der Waals surface area contributed by atoms with Crippen LogP contribution >= 0.6 is 0 Å². The smallest absolute Gasteiger partial charge is 0.418 e. The number of pyridine rings is 1. The Balaban J connectivity index is 1.42. The third kappa shape index (κ3) is 4.44. The molecule has 3 heterocycles. The van der Waals surface area contributed by atoms with E-state index in [0.29, 0.717) is 31.4 Å². The zero-order valence-corrected chi connectivity index (χ0v) is 20.8. The molecule has 1 aromatic heterocycles. The minimum Gasteiger partial charge on any atom is -0.494 e. The summed E-state index contributed by atoms with van der Waals surface area (Å²) in [4.78, 5) is 21.6. The van der Waals surface area contributed by atoms with Gasteiger partial charge in [-0.1, -0.05) is 19.9 Å². The topological polar surface area (TPSA) is 108 Å². The van der Waals surface area contributed by atoms with E-state index in [4.69, 9.17) is 24.9 Å². The summed E-state index contributed by atoms with van der Waals surface area (Å²) >= 11 is 0. The summed E-state index contributed by atoms with van der Waals surface area (Å²) in [6.07, 6.45) is -2.33. The van der Waals surface area contributed by atoms with Crippen LogP contribution in [0.3, 0.4) is 0 Å². The second kappa shape index (κ2) is 9.11. The molecule has 0 saturated heterocycles. The average molecular weight is 519 g/mol. The zero-order chi connectivity index (χ0) is 26.5. The Bertz CT molecular complexity index is 1250. The van der Waals surface area contributed by atoms with Crippen molar-refractivity contribution in [2.75, 3.05) is 13.7 Å². The van der Waals surface area contributed by atoms with Gasteiger partial charge in [0.15, 0.2) is 11.4 Å². The first kappa shape index (κ1) is 25.2. The summed E-state index contributed by atoms with van der Waals surface area (Å²) in [6, 6.07) is 6.74. The highest BCUT2D eigenvalue weighted by Gasteiger charge is 2.55. The molecular formula is C26H29F3N4O4. The second-order valence-corrected chi connectivity index (χ2v) is 10.1. The summed E-state index contributed by atoms with van der Waals surface area (Å²) in [5, 5.41) is 2.93. The molecule has 8 nitrogen and oxygen atoms in total. The lowest BCUT2D eigenvalue weighted by Gasteiger charge is -2.48. The van der Waals surface area contributed by atoms with Crippen molar-refractivity contribution < 1.29 is 32.2 Å². The van der Waals surface area contributed by atoms with Gasteiger partial charge in [-0.15, -0.1) is 0 Å². The number of halogens is 3. The van der Waals surface area contributed by atoms with Gasteiger partial charge in [-0.25, -0.2) is 9.98 Å². The molecule has 1 aromatic carbocycles. The van der Waals surface area contributed by atoms with Crippen LogP contribution in [0.25, 0.3) is 0 Å². The molecular weight excluding hydrogens is 489 g/mol. The first-order chi connectivity index (χ1) is 17.5. The second-order valence-electron chi connectivity index (χ2n) is 10.1. The van der Waals surface area contributed by atoms with Crippen molar-refractivity contribution in [3.8, 4) is 11.5 Å². The third-order valence-corrected chi connectivity index (χ3v) is 7.52. The summed E-state index contributed by atoms with van der Waals surface area (Å²) < 4.78 is 56.3. The summed E-state index contributed by atoms with van der Waals surface area (Å²) in [5.74, 6) is 0.0790. The molecule has 2 aliphatic heterocycles. The van der Waals surface area contributed by atoms with E-state index in [2.05, 4.69) is 36.3 Å². The number of benzene rings is 1. The molecule has 198 valence electrons. The Kier molecular flexibility index (Phi) is 6.19. The maximum absolute atomic E-state index is 13.1. The number of rotatable bonds is 4. The molecule has 1 spiro atoms. The molecule has 5 rings (SSSR count).